The Morgan fingerprint density at radius 2 is 2.10 bits per heavy atom. The van der Waals surface area contributed by atoms with Gasteiger partial charge >= 0.3 is 5.97 Å². The summed E-state index contributed by atoms with van der Waals surface area (Å²) in [7, 11) is 2.88. The Kier molecular flexibility index (Phi) is 4.34. The van der Waals surface area contributed by atoms with Crippen LogP contribution in [0.5, 0.6) is 0 Å². The highest BCUT2D eigenvalue weighted by atomic mass is 16.5. The lowest BCUT2D eigenvalue weighted by atomic mass is 10.2. The number of amides is 1. The molecule has 2 rings (SSSR count). The topological polar surface area (TPSA) is 68.7 Å². The third kappa shape index (κ3) is 2.80. The van der Waals surface area contributed by atoms with E-state index in [0.717, 1.165) is 5.69 Å². The van der Waals surface area contributed by atoms with E-state index in [1.54, 1.807) is 19.2 Å². The number of likely N-dealkylation sites (tertiary alicyclic amines) is 1. The Balaban J connectivity index is 2.24. The van der Waals surface area contributed by atoms with Gasteiger partial charge in [-0.25, -0.2) is 9.78 Å². The first-order valence-electron chi connectivity index (χ1n) is 6.42. The van der Waals surface area contributed by atoms with Crippen molar-refractivity contribution in [3.63, 3.8) is 0 Å². The SMILES string of the molecule is COC(=O)[C@H]1C[C@@H](OC)CN1C(=O)c1cccc(C)n1. The zero-order chi connectivity index (χ0) is 14.7. The number of ether oxygens (including phenoxy) is 2. The number of hydrogen-bond donors (Lipinski definition) is 0. The van der Waals surface area contributed by atoms with Gasteiger partial charge in [-0.05, 0) is 19.1 Å². The number of pyridine rings is 1. The van der Waals surface area contributed by atoms with E-state index < -0.39 is 12.0 Å². The Morgan fingerprint density at radius 1 is 1.35 bits per heavy atom. The molecule has 6 nitrogen and oxygen atoms in total. The molecule has 20 heavy (non-hydrogen) atoms. The van der Waals surface area contributed by atoms with Gasteiger partial charge < -0.3 is 14.4 Å². The fourth-order valence-electron chi connectivity index (χ4n) is 2.36. The molecule has 0 aromatic carbocycles. The fourth-order valence-corrected chi connectivity index (χ4v) is 2.36. The number of aromatic nitrogens is 1. The van der Waals surface area contributed by atoms with E-state index in [4.69, 9.17) is 9.47 Å². The van der Waals surface area contributed by atoms with E-state index in [-0.39, 0.29) is 12.0 Å². The van der Waals surface area contributed by atoms with Gasteiger partial charge in [0.2, 0.25) is 0 Å². The van der Waals surface area contributed by atoms with Crippen LogP contribution in [0.4, 0.5) is 0 Å². The molecule has 0 N–H and O–H groups in total. The number of methoxy groups -OCH3 is 2. The highest BCUT2D eigenvalue weighted by Crippen LogP contribution is 2.23. The molecular weight excluding hydrogens is 260 g/mol. The van der Waals surface area contributed by atoms with Crippen LogP contribution in [0.3, 0.4) is 0 Å². The summed E-state index contributed by atoms with van der Waals surface area (Å²) in [5.74, 6) is -0.700. The van der Waals surface area contributed by atoms with Crippen LogP contribution < -0.4 is 0 Å². The molecule has 0 bridgehead atoms. The predicted octanol–water partition coefficient (Wildman–Crippen LogP) is 0.793. The van der Waals surface area contributed by atoms with Gasteiger partial charge in [-0.15, -0.1) is 0 Å². The van der Waals surface area contributed by atoms with Crippen LogP contribution in [0.15, 0.2) is 18.2 Å². The molecule has 1 aromatic heterocycles. The fraction of sp³-hybridized carbons (Fsp3) is 0.500. The highest BCUT2D eigenvalue weighted by Gasteiger charge is 2.41. The summed E-state index contributed by atoms with van der Waals surface area (Å²) in [4.78, 5) is 30.0. The summed E-state index contributed by atoms with van der Waals surface area (Å²) < 4.78 is 10.0. The second kappa shape index (κ2) is 6.00. The monoisotopic (exact) mass is 278 g/mol. The van der Waals surface area contributed by atoms with E-state index in [9.17, 15) is 9.59 Å². The number of esters is 1. The zero-order valence-corrected chi connectivity index (χ0v) is 11.8. The first-order valence-corrected chi connectivity index (χ1v) is 6.42. The highest BCUT2D eigenvalue weighted by molar-refractivity contribution is 5.95. The molecule has 108 valence electrons. The van der Waals surface area contributed by atoms with E-state index in [1.807, 2.05) is 13.0 Å². The molecule has 2 atom stereocenters. The maximum atomic E-state index is 12.5. The Morgan fingerprint density at radius 3 is 2.70 bits per heavy atom. The van der Waals surface area contributed by atoms with Gasteiger partial charge in [0.15, 0.2) is 0 Å². The smallest absolute Gasteiger partial charge is 0.328 e. The Labute approximate surface area is 117 Å². The second-order valence-corrected chi connectivity index (χ2v) is 4.75. The minimum Gasteiger partial charge on any atom is -0.467 e. The quantitative estimate of drug-likeness (QED) is 0.765. The number of nitrogens with zero attached hydrogens (tertiary/aromatic N) is 2. The van der Waals surface area contributed by atoms with Gasteiger partial charge in [-0.2, -0.15) is 0 Å². The largest absolute Gasteiger partial charge is 0.467 e. The van der Waals surface area contributed by atoms with Crippen molar-refractivity contribution in [2.45, 2.75) is 25.5 Å². The van der Waals surface area contributed by atoms with Crippen LogP contribution in [-0.4, -0.2) is 54.7 Å². The van der Waals surface area contributed by atoms with Crippen LogP contribution in [0.2, 0.25) is 0 Å². The summed E-state index contributed by atoms with van der Waals surface area (Å²) in [6.45, 7) is 2.18. The molecule has 1 aliphatic rings. The minimum absolute atomic E-state index is 0.159. The molecule has 1 amide bonds. The van der Waals surface area contributed by atoms with Gasteiger partial charge in [0.05, 0.1) is 13.2 Å². The van der Waals surface area contributed by atoms with Gasteiger partial charge in [0.25, 0.3) is 5.91 Å². The van der Waals surface area contributed by atoms with Crippen LogP contribution in [-0.2, 0) is 14.3 Å². The predicted molar refractivity (Wildman–Crippen MR) is 71.2 cm³/mol. The average molecular weight is 278 g/mol. The maximum absolute atomic E-state index is 12.5. The Bertz CT molecular complexity index is 518. The molecule has 0 aliphatic carbocycles. The van der Waals surface area contributed by atoms with Gasteiger partial charge in [0.1, 0.15) is 11.7 Å². The van der Waals surface area contributed by atoms with E-state index in [2.05, 4.69) is 4.98 Å². The van der Waals surface area contributed by atoms with Crippen LogP contribution in [0.25, 0.3) is 0 Å². The number of aryl methyl sites for hydroxylation is 1. The molecular formula is C14H18N2O4. The number of carbonyl (C=O) groups excluding carboxylic acids is 2. The van der Waals surface area contributed by atoms with Crippen molar-refractivity contribution >= 4 is 11.9 Å². The number of hydrogen-bond acceptors (Lipinski definition) is 5. The summed E-state index contributed by atoms with van der Waals surface area (Å²) in [5, 5.41) is 0. The van der Waals surface area contributed by atoms with Gasteiger partial charge in [-0.1, -0.05) is 6.07 Å². The molecule has 0 unspecified atom stereocenters. The molecule has 1 aromatic rings. The molecule has 0 saturated carbocycles. The average Bonchev–Trinajstić information content (AvgIpc) is 2.90. The molecule has 0 radical (unpaired) electrons. The van der Waals surface area contributed by atoms with Crippen molar-refractivity contribution in [1.29, 1.82) is 0 Å². The zero-order valence-electron chi connectivity index (χ0n) is 11.8. The number of rotatable bonds is 3. The van der Waals surface area contributed by atoms with E-state index in [1.165, 1.54) is 12.0 Å². The molecule has 6 heteroatoms. The minimum atomic E-state index is -0.611. The molecule has 1 aliphatic heterocycles. The molecule has 0 spiro atoms. The van der Waals surface area contributed by atoms with Crippen LogP contribution in [0, 0.1) is 6.92 Å². The summed E-state index contributed by atoms with van der Waals surface area (Å²) in [6.07, 6.45) is 0.286. The van der Waals surface area contributed by atoms with Crippen molar-refractivity contribution in [2.24, 2.45) is 0 Å². The van der Waals surface area contributed by atoms with Crippen molar-refractivity contribution in [3.8, 4) is 0 Å². The molecule has 2 heterocycles. The summed E-state index contributed by atoms with van der Waals surface area (Å²) in [5.41, 5.74) is 1.09. The lowest BCUT2D eigenvalue weighted by Crippen LogP contribution is -2.41. The lowest BCUT2D eigenvalue weighted by molar-refractivity contribution is -0.145. The molecule has 1 fully saturated rings. The van der Waals surface area contributed by atoms with E-state index >= 15 is 0 Å². The van der Waals surface area contributed by atoms with Crippen molar-refractivity contribution in [2.75, 3.05) is 20.8 Å². The summed E-state index contributed by atoms with van der Waals surface area (Å²) >= 11 is 0. The van der Waals surface area contributed by atoms with Gasteiger partial charge in [0, 0.05) is 25.8 Å². The van der Waals surface area contributed by atoms with Crippen molar-refractivity contribution in [3.05, 3.63) is 29.6 Å². The van der Waals surface area contributed by atoms with E-state index in [0.29, 0.717) is 18.7 Å². The maximum Gasteiger partial charge on any atom is 0.328 e. The first kappa shape index (κ1) is 14.5. The van der Waals surface area contributed by atoms with Gasteiger partial charge in [-0.3, -0.25) is 4.79 Å². The first-order chi connectivity index (χ1) is 9.56. The summed E-state index contributed by atoms with van der Waals surface area (Å²) in [6, 6.07) is 4.62. The van der Waals surface area contributed by atoms with Crippen LogP contribution >= 0.6 is 0 Å². The third-order valence-corrected chi connectivity index (χ3v) is 3.44. The Hall–Kier alpha value is -1.95. The molecule has 1 saturated heterocycles. The third-order valence-electron chi connectivity index (χ3n) is 3.44. The lowest BCUT2D eigenvalue weighted by Gasteiger charge is -2.22. The van der Waals surface area contributed by atoms with Crippen molar-refractivity contribution < 1.29 is 19.1 Å². The normalized spacial score (nSPS) is 21.9. The standard InChI is InChI=1S/C14H18N2O4/c1-9-5-4-6-11(15-9)13(17)16-8-10(19-2)7-12(16)14(18)20-3/h4-6,10,12H,7-8H2,1-3H3/t10-,12-/m1/s1. The van der Waals surface area contributed by atoms with Crippen molar-refractivity contribution in [1.82, 2.24) is 9.88 Å². The second-order valence-electron chi connectivity index (χ2n) is 4.75. The number of carbonyl (C=O) groups is 2. The van der Waals surface area contributed by atoms with Crippen LogP contribution in [0.1, 0.15) is 22.6 Å².